The summed E-state index contributed by atoms with van der Waals surface area (Å²) in [5, 5.41) is 43.3. The number of phenols is 1. The number of amides is 2. The van der Waals surface area contributed by atoms with Crippen LogP contribution in [0.25, 0.3) is 5.76 Å². The summed E-state index contributed by atoms with van der Waals surface area (Å²) in [7, 11) is 0. The maximum absolute atomic E-state index is 13.4. The van der Waals surface area contributed by atoms with E-state index < -0.39 is 52.0 Å². The van der Waals surface area contributed by atoms with E-state index >= 15 is 0 Å². The lowest BCUT2D eigenvalue weighted by atomic mass is 9.59. The molecule has 0 bridgehead atoms. The Kier molecular flexibility index (Phi) is 5.28. The van der Waals surface area contributed by atoms with Crippen LogP contribution >= 0.6 is 0 Å². The Morgan fingerprint density at radius 2 is 1.94 bits per heavy atom. The highest BCUT2D eigenvalue weighted by Crippen LogP contribution is 2.52. The summed E-state index contributed by atoms with van der Waals surface area (Å²) >= 11 is 0. The summed E-state index contributed by atoms with van der Waals surface area (Å²) in [4.78, 5) is 50.3. The van der Waals surface area contributed by atoms with Crippen molar-refractivity contribution < 1.29 is 39.6 Å². The number of nitrogens with zero attached hydrogens (tertiary/aromatic N) is 1. The number of benzene rings is 1. The molecule has 0 saturated heterocycles. The first kappa shape index (κ1) is 22.5. The normalized spacial score (nSPS) is 26.5. The zero-order chi connectivity index (χ0) is 24.2. The number of aliphatic hydroxyl groups is 3. The van der Waals surface area contributed by atoms with Crippen molar-refractivity contribution in [2.24, 2.45) is 17.6 Å². The molecule has 10 nitrogen and oxygen atoms in total. The molecule has 0 heterocycles. The van der Waals surface area contributed by atoms with Crippen LogP contribution in [0, 0.1) is 11.8 Å². The number of hydrogen-bond acceptors (Lipinski definition) is 8. The Morgan fingerprint density at radius 3 is 2.55 bits per heavy atom. The van der Waals surface area contributed by atoms with E-state index in [0.29, 0.717) is 24.1 Å². The molecule has 1 aromatic carbocycles. The predicted molar refractivity (Wildman–Crippen MR) is 114 cm³/mol. The molecule has 1 fully saturated rings. The van der Waals surface area contributed by atoms with Crippen molar-refractivity contribution in [1.29, 1.82) is 0 Å². The number of aromatic hydroxyl groups is 1. The standard InChI is InChI=1S/C23H24N2O8/c1-2-25(9-26)8-10-3-4-14(27)17-13(10)6-11-5-12-7-15(28)18(22(24)32)21(31)23(12,33)20(30)16(11)19(17)29/h3-4,9,11-12,27,29,31,33H,2,5-8H2,1H3,(H2,24,32)/t11?,12?,23-/m0/s1. The average Bonchev–Trinajstić information content (AvgIpc) is 2.75. The van der Waals surface area contributed by atoms with E-state index in [1.54, 1.807) is 13.0 Å². The maximum atomic E-state index is 13.4. The van der Waals surface area contributed by atoms with Gasteiger partial charge >= 0.3 is 0 Å². The maximum Gasteiger partial charge on any atom is 0.255 e. The van der Waals surface area contributed by atoms with Gasteiger partial charge in [0.15, 0.2) is 11.4 Å². The SMILES string of the molecule is CCN(C=O)Cc1ccc(O)c2c1CC1CC3CC(=O)C(C(N)=O)=C(O)[C@@]3(O)C(=O)C1=C2O. The summed E-state index contributed by atoms with van der Waals surface area (Å²) in [6, 6.07) is 2.98. The second-order valence-corrected chi connectivity index (χ2v) is 8.67. The number of phenolic OH excluding ortho intramolecular Hbond substituents is 1. The monoisotopic (exact) mass is 456 g/mol. The number of carbonyl (C=O) groups excluding carboxylic acids is 4. The Morgan fingerprint density at radius 1 is 1.24 bits per heavy atom. The Balaban J connectivity index is 1.88. The van der Waals surface area contributed by atoms with E-state index in [2.05, 4.69) is 0 Å². The molecule has 33 heavy (non-hydrogen) atoms. The summed E-state index contributed by atoms with van der Waals surface area (Å²) in [5.41, 5.74) is 2.82. The number of carbonyl (C=O) groups is 4. The Bertz CT molecular complexity index is 1170. The highest BCUT2D eigenvalue weighted by Gasteiger charge is 2.60. The first-order chi connectivity index (χ1) is 15.6. The van der Waals surface area contributed by atoms with Crippen molar-refractivity contribution in [3.05, 3.63) is 45.7 Å². The molecule has 0 aliphatic heterocycles. The van der Waals surface area contributed by atoms with Crippen molar-refractivity contribution in [2.75, 3.05) is 6.54 Å². The van der Waals surface area contributed by atoms with E-state index in [0.717, 1.165) is 0 Å². The number of primary amides is 1. The third kappa shape index (κ3) is 3.12. The summed E-state index contributed by atoms with van der Waals surface area (Å²) in [6.45, 7) is 2.47. The van der Waals surface area contributed by atoms with Crippen molar-refractivity contribution in [1.82, 2.24) is 4.90 Å². The summed E-state index contributed by atoms with van der Waals surface area (Å²) in [6.07, 6.45) is 0.577. The lowest BCUT2D eigenvalue weighted by Crippen LogP contribution is -2.58. The molecule has 10 heteroatoms. The fourth-order valence-corrected chi connectivity index (χ4v) is 5.28. The first-order valence-electron chi connectivity index (χ1n) is 10.6. The molecule has 2 amide bonds. The second kappa shape index (κ2) is 7.73. The van der Waals surface area contributed by atoms with Crippen molar-refractivity contribution in [2.45, 2.75) is 38.3 Å². The highest BCUT2D eigenvalue weighted by atomic mass is 16.3. The van der Waals surface area contributed by atoms with Crippen LogP contribution in [-0.2, 0) is 32.1 Å². The Hall–Kier alpha value is -3.66. The van der Waals surface area contributed by atoms with Crippen LogP contribution in [0.15, 0.2) is 29.0 Å². The largest absolute Gasteiger partial charge is 0.508 e. The van der Waals surface area contributed by atoms with E-state index in [1.807, 2.05) is 0 Å². The van der Waals surface area contributed by atoms with Gasteiger partial charge in [-0.15, -0.1) is 0 Å². The molecule has 3 atom stereocenters. The molecule has 3 aliphatic carbocycles. The zero-order valence-corrected chi connectivity index (χ0v) is 17.9. The van der Waals surface area contributed by atoms with E-state index in [9.17, 15) is 39.6 Å². The van der Waals surface area contributed by atoms with Gasteiger partial charge in [-0.3, -0.25) is 19.2 Å². The molecular weight excluding hydrogens is 432 g/mol. The van der Waals surface area contributed by atoms with Crippen LogP contribution in [-0.4, -0.2) is 61.4 Å². The second-order valence-electron chi connectivity index (χ2n) is 8.67. The van der Waals surface area contributed by atoms with Gasteiger partial charge in [-0.25, -0.2) is 0 Å². The van der Waals surface area contributed by atoms with Gasteiger partial charge in [0, 0.05) is 31.0 Å². The van der Waals surface area contributed by atoms with E-state index in [4.69, 9.17) is 5.73 Å². The number of hydrogen-bond donors (Lipinski definition) is 5. The van der Waals surface area contributed by atoms with Gasteiger partial charge in [-0.05, 0) is 42.9 Å². The number of Topliss-reactive ketones (excluding diaryl/α,β-unsaturated/α-hetero) is 2. The van der Waals surface area contributed by atoms with Crippen molar-refractivity contribution in [3.63, 3.8) is 0 Å². The minimum absolute atomic E-state index is 0.0154. The van der Waals surface area contributed by atoms with Gasteiger partial charge in [0.05, 0.1) is 5.56 Å². The quantitative estimate of drug-likeness (QED) is 0.312. The molecule has 174 valence electrons. The third-order valence-corrected chi connectivity index (χ3v) is 6.97. The third-order valence-electron chi connectivity index (χ3n) is 6.97. The lowest BCUT2D eigenvalue weighted by molar-refractivity contribution is -0.147. The fraction of sp³-hybridized carbons (Fsp3) is 0.391. The number of rotatable bonds is 5. The van der Waals surface area contributed by atoms with Gasteiger partial charge in [0.25, 0.3) is 5.91 Å². The van der Waals surface area contributed by atoms with E-state index in [1.165, 1.54) is 11.0 Å². The smallest absolute Gasteiger partial charge is 0.255 e. The minimum atomic E-state index is -2.58. The number of ketones is 2. The van der Waals surface area contributed by atoms with Crippen LogP contribution in [0.1, 0.15) is 36.5 Å². The zero-order valence-electron chi connectivity index (χ0n) is 17.9. The molecule has 0 aromatic heterocycles. The molecule has 0 spiro atoms. The van der Waals surface area contributed by atoms with Crippen LogP contribution in [0.3, 0.4) is 0 Å². The number of aliphatic hydroxyl groups excluding tert-OH is 2. The van der Waals surface area contributed by atoms with Crippen LogP contribution in [0.2, 0.25) is 0 Å². The predicted octanol–water partition coefficient (Wildman–Crippen LogP) is 0.402. The van der Waals surface area contributed by atoms with Gasteiger partial charge in [-0.1, -0.05) is 6.07 Å². The summed E-state index contributed by atoms with van der Waals surface area (Å²) in [5.74, 6) is -6.63. The van der Waals surface area contributed by atoms with Gasteiger partial charge < -0.3 is 31.1 Å². The molecule has 1 saturated carbocycles. The van der Waals surface area contributed by atoms with E-state index in [-0.39, 0.29) is 42.7 Å². The van der Waals surface area contributed by atoms with Gasteiger partial charge in [-0.2, -0.15) is 0 Å². The van der Waals surface area contributed by atoms with Crippen molar-refractivity contribution >= 4 is 29.6 Å². The minimum Gasteiger partial charge on any atom is -0.508 e. The van der Waals surface area contributed by atoms with Gasteiger partial charge in [0.2, 0.25) is 12.2 Å². The summed E-state index contributed by atoms with van der Waals surface area (Å²) < 4.78 is 0. The molecule has 0 radical (unpaired) electrons. The van der Waals surface area contributed by atoms with Crippen LogP contribution in [0.5, 0.6) is 5.75 Å². The van der Waals surface area contributed by atoms with Crippen LogP contribution in [0.4, 0.5) is 0 Å². The lowest BCUT2D eigenvalue weighted by Gasteiger charge is -2.46. The fourth-order valence-electron chi connectivity index (χ4n) is 5.28. The molecule has 1 aromatic rings. The van der Waals surface area contributed by atoms with Crippen molar-refractivity contribution in [3.8, 4) is 5.75 Å². The van der Waals surface area contributed by atoms with Crippen LogP contribution < -0.4 is 5.73 Å². The topological polar surface area (TPSA) is 178 Å². The molecule has 4 rings (SSSR count). The first-order valence-corrected chi connectivity index (χ1v) is 10.6. The highest BCUT2D eigenvalue weighted by molar-refractivity contribution is 6.22. The molecule has 6 N–H and O–H groups in total. The average molecular weight is 456 g/mol. The number of fused-ring (bicyclic) bond motifs is 3. The Labute approximate surface area is 188 Å². The molecular formula is C23H24N2O8. The molecule has 3 aliphatic rings. The van der Waals surface area contributed by atoms with Gasteiger partial charge in [0.1, 0.15) is 22.8 Å². The molecule has 2 unspecified atom stereocenters. The number of nitrogens with two attached hydrogens (primary N) is 1.